The van der Waals surface area contributed by atoms with E-state index in [2.05, 4.69) is 22.5 Å². The van der Waals surface area contributed by atoms with Crippen molar-refractivity contribution >= 4 is 28.5 Å². The molecule has 2 aromatic carbocycles. The zero-order valence-corrected chi connectivity index (χ0v) is 17.5. The van der Waals surface area contributed by atoms with Gasteiger partial charge in [0.15, 0.2) is 5.76 Å². The van der Waals surface area contributed by atoms with Crippen molar-refractivity contribution in [1.82, 2.24) is 14.9 Å². The summed E-state index contributed by atoms with van der Waals surface area (Å²) >= 11 is 0. The molecule has 0 aliphatic carbocycles. The molecule has 1 unspecified atom stereocenters. The van der Waals surface area contributed by atoms with Crippen molar-refractivity contribution in [1.29, 1.82) is 0 Å². The van der Waals surface area contributed by atoms with Crippen LogP contribution in [0.25, 0.3) is 11.0 Å². The topological polar surface area (TPSA) is 89.2 Å². The van der Waals surface area contributed by atoms with Gasteiger partial charge < -0.3 is 19.6 Å². The third-order valence-corrected chi connectivity index (χ3v) is 5.11. The summed E-state index contributed by atoms with van der Waals surface area (Å²) in [5, 5.41) is 5.82. The van der Waals surface area contributed by atoms with Crippen molar-refractivity contribution in [2.75, 3.05) is 5.32 Å². The molecule has 158 valence electrons. The molecule has 0 saturated carbocycles. The third kappa shape index (κ3) is 4.50. The van der Waals surface area contributed by atoms with Gasteiger partial charge >= 0.3 is 0 Å². The van der Waals surface area contributed by atoms with E-state index in [0.29, 0.717) is 5.82 Å². The molecule has 7 nitrogen and oxygen atoms in total. The Kier molecular flexibility index (Phi) is 5.84. The molecule has 0 aliphatic rings. The minimum absolute atomic E-state index is 0.0757. The van der Waals surface area contributed by atoms with Gasteiger partial charge in [0.1, 0.15) is 12.4 Å². The average molecular weight is 416 g/mol. The van der Waals surface area contributed by atoms with Crippen molar-refractivity contribution in [3.05, 3.63) is 84.1 Å². The van der Waals surface area contributed by atoms with Gasteiger partial charge in [0, 0.05) is 5.69 Å². The molecular formula is C24H24N4O3. The van der Waals surface area contributed by atoms with E-state index in [1.807, 2.05) is 60.0 Å². The zero-order valence-electron chi connectivity index (χ0n) is 17.5. The number of carbonyl (C=O) groups is 2. The molecular weight excluding hydrogens is 392 g/mol. The van der Waals surface area contributed by atoms with E-state index in [0.717, 1.165) is 23.1 Å². The normalized spacial score (nSPS) is 11.9. The van der Waals surface area contributed by atoms with E-state index in [1.54, 1.807) is 12.1 Å². The molecule has 0 bridgehead atoms. The van der Waals surface area contributed by atoms with Crippen LogP contribution < -0.4 is 10.6 Å². The lowest BCUT2D eigenvalue weighted by Gasteiger charge is -2.16. The highest BCUT2D eigenvalue weighted by Gasteiger charge is 2.21. The van der Waals surface area contributed by atoms with E-state index in [-0.39, 0.29) is 24.1 Å². The van der Waals surface area contributed by atoms with Crippen LogP contribution in [0.5, 0.6) is 0 Å². The van der Waals surface area contributed by atoms with Gasteiger partial charge in [-0.25, -0.2) is 4.98 Å². The molecule has 7 heteroatoms. The maximum atomic E-state index is 12.8. The Bertz CT molecular complexity index is 1190. The highest BCUT2D eigenvalue weighted by atomic mass is 16.3. The quantitative estimate of drug-likeness (QED) is 0.470. The number of benzene rings is 2. The fourth-order valence-corrected chi connectivity index (χ4v) is 3.50. The predicted molar refractivity (Wildman–Crippen MR) is 119 cm³/mol. The van der Waals surface area contributed by atoms with Gasteiger partial charge in [-0.1, -0.05) is 31.2 Å². The first-order chi connectivity index (χ1) is 15.0. The van der Waals surface area contributed by atoms with Gasteiger partial charge in [0.2, 0.25) is 5.91 Å². The lowest BCUT2D eigenvalue weighted by molar-refractivity contribution is -0.116. The monoisotopic (exact) mass is 416 g/mol. The van der Waals surface area contributed by atoms with Gasteiger partial charge in [-0.2, -0.15) is 0 Å². The Morgan fingerprint density at radius 2 is 1.84 bits per heavy atom. The molecule has 0 aliphatic heterocycles. The number of hydrogen-bond acceptors (Lipinski definition) is 4. The molecule has 31 heavy (non-hydrogen) atoms. The first kappa shape index (κ1) is 20.4. The number of anilines is 1. The Morgan fingerprint density at radius 3 is 2.55 bits per heavy atom. The van der Waals surface area contributed by atoms with Gasteiger partial charge in [-0.15, -0.1) is 0 Å². The number of hydrogen-bond donors (Lipinski definition) is 2. The highest BCUT2D eigenvalue weighted by Crippen LogP contribution is 2.22. The summed E-state index contributed by atoms with van der Waals surface area (Å²) in [6.07, 6.45) is 2.40. The number of fused-ring (bicyclic) bond motifs is 1. The maximum Gasteiger partial charge on any atom is 0.287 e. The molecule has 0 radical (unpaired) electrons. The van der Waals surface area contributed by atoms with Crippen LogP contribution in [0.2, 0.25) is 0 Å². The van der Waals surface area contributed by atoms with Gasteiger partial charge in [-0.05, 0) is 55.3 Å². The number of nitrogens with zero attached hydrogens (tertiary/aromatic N) is 2. The second-order valence-corrected chi connectivity index (χ2v) is 7.32. The van der Waals surface area contributed by atoms with Crippen LogP contribution in [0.3, 0.4) is 0 Å². The number of aromatic nitrogens is 2. The van der Waals surface area contributed by atoms with E-state index in [9.17, 15) is 9.59 Å². The van der Waals surface area contributed by atoms with Crippen molar-refractivity contribution in [2.24, 2.45) is 0 Å². The van der Waals surface area contributed by atoms with E-state index < -0.39 is 6.04 Å². The van der Waals surface area contributed by atoms with Crippen molar-refractivity contribution < 1.29 is 14.0 Å². The summed E-state index contributed by atoms with van der Waals surface area (Å²) in [6, 6.07) is 18.2. The summed E-state index contributed by atoms with van der Waals surface area (Å²) < 4.78 is 7.00. The van der Waals surface area contributed by atoms with Crippen molar-refractivity contribution in [3.8, 4) is 0 Å². The Morgan fingerprint density at radius 1 is 1.06 bits per heavy atom. The van der Waals surface area contributed by atoms with Crippen LogP contribution in [0, 0.1) is 0 Å². The van der Waals surface area contributed by atoms with Crippen LogP contribution in [-0.4, -0.2) is 21.4 Å². The Labute approximate surface area is 180 Å². The molecule has 4 aromatic rings. The first-order valence-electron chi connectivity index (χ1n) is 10.2. The molecule has 1 atom stereocenters. The van der Waals surface area contributed by atoms with Crippen LogP contribution >= 0.6 is 0 Å². The van der Waals surface area contributed by atoms with E-state index >= 15 is 0 Å². The first-order valence-corrected chi connectivity index (χ1v) is 10.2. The number of aryl methyl sites for hydroxylation is 1. The number of para-hydroxylation sites is 2. The summed E-state index contributed by atoms with van der Waals surface area (Å²) in [4.78, 5) is 29.9. The summed E-state index contributed by atoms with van der Waals surface area (Å²) in [5.74, 6) is 0.315. The Balaban J connectivity index is 1.57. The summed E-state index contributed by atoms with van der Waals surface area (Å²) in [6.45, 7) is 4.00. The minimum Gasteiger partial charge on any atom is -0.459 e. The minimum atomic E-state index is -0.429. The smallest absolute Gasteiger partial charge is 0.287 e. The van der Waals surface area contributed by atoms with Crippen LogP contribution in [0.15, 0.2) is 71.3 Å². The number of furan rings is 1. The van der Waals surface area contributed by atoms with E-state index in [1.165, 1.54) is 11.8 Å². The van der Waals surface area contributed by atoms with Crippen molar-refractivity contribution in [2.45, 2.75) is 32.9 Å². The number of rotatable bonds is 7. The molecule has 0 fully saturated rings. The molecule has 2 N–H and O–H groups in total. The number of imidazole rings is 1. The average Bonchev–Trinajstić information content (AvgIpc) is 3.43. The zero-order chi connectivity index (χ0) is 21.8. The number of nitrogens with one attached hydrogen (secondary N) is 2. The fourth-order valence-electron chi connectivity index (χ4n) is 3.50. The summed E-state index contributed by atoms with van der Waals surface area (Å²) in [5.41, 5.74) is 3.54. The van der Waals surface area contributed by atoms with Crippen LogP contribution in [0.4, 0.5) is 5.69 Å². The molecule has 4 rings (SSSR count). The molecule has 2 aromatic heterocycles. The highest BCUT2D eigenvalue weighted by molar-refractivity contribution is 5.92. The standard InChI is InChI=1S/C24H24N4O3/c1-3-17-10-12-18(13-11-17)26-22(29)15-28-20-8-5-4-7-19(20)27-23(28)16(2)25-24(30)21-9-6-14-31-21/h4-14,16H,3,15H2,1-2H3,(H,25,30)(H,26,29). The molecule has 2 amide bonds. The van der Waals surface area contributed by atoms with E-state index in [4.69, 9.17) is 4.42 Å². The SMILES string of the molecule is CCc1ccc(NC(=O)Cn2c(C(C)NC(=O)c3ccco3)nc3ccccc32)cc1. The molecule has 2 heterocycles. The lowest BCUT2D eigenvalue weighted by Crippen LogP contribution is -2.29. The van der Waals surface area contributed by atoms with Crippen LogP contribution in [-0.2, 0) is 17.8 Å². The van der Waals surface area contributed by atoms with Gasteiger partial charge in [0.05, 0.1) is 23.3 Å². The predicted octanol–water partition coefficient (Wildman–Crippen LogP) is 4.32. The molecule has 0 spiro atoms. The fraction of sp³-hybridized carbons (Fsp3) is 0.208. The van der Waals surface area contributed by atoms with Gasteiger partial charge in [-0.3, -0.25) is 9.59 Å². The maximum absolute atomic E-state index is 12.8. The van der Waals surface area contributed by atoms with Crippen molar-refractivity contribution in [3.63, 3.8) is 0 Å². The number of carbonyl (C=O) groups excluding carboxylic acids is 2. The van der Waals surface area contributed by atoms with Crippen LogP contribution in [0.1, 0.15) is 41.8 Å². The molecule has 0 saturated heterocycles. The lowest BCUT2D eigenvalue weighted by atomic mass is 10.1. The second-order valence-electron chi connectivity index (χ2n) is 7.32. The Hall–Kier alpha value is -3.87. The largest absolute Gasteiger partial charge is 0.459 e. The van der Waals surface area contributed by atoms with Gasteiger partial charge in [0.25, 0.3) is 5.91 Å². The summed E-state index contributed by atoms with van der Waals surface area (Å²) in [7, 11) is 0. The third-order valence-electron chi connectivity index (χ3n) is 5.11. The second kappa shape index (κ2) is 8.87. The number of amides is 2.